The van der Waals surface area contributed by atoms with E-state index < -0.39 is 0 Å². The molecule has 120 valence electrons. The maximum Gasteiger partial charge on any atom is 0.338 e. The van der Waals surface area contributed by atoms with Crippen LogP contribution in [0.1, 0.15) is 15.9 Å². The van der Waals surface area contributed by atoms with Crippen LogP contribution in [0.5, 0.6) is 0 Å². The van der Waals surface area contributed by atoms with Gasteiger partial charge in [0.05, 0.1) is 31.0 Å². The van der Waals surface area contributed by atoms with Crippen molar-refractivity contribution >= 4 is 34.1 Å². The molecule has 0 bridgehead atoms. The first kappa shape index (κ1) is 16.1. The van der Waals surface area contributed by atoms with Crippen molar-refractivity contribution in [2.75, 3.05) is 14.2 Å². The lowest BCUT2D eigenvalue weighted by molar-refractivity contribution is 0.0603. The topological polar surface area (TPSA) is 48.4 Å². The number of benzene rings is 2. The molecule has 0 saturated heterocycles. The van der Waals surface area contributed by atoms with E-state index in [9.17, 15) is 4.79 Å². The zero-order valence-electron chi connectivity index (χ0n) is 13.3. The van der Waals surface area contributed by atoms with Gasteiger partial charge in [-0.05, 0) is 36.5 Å². The van der Waals surface area contributed by atoms with Gasteiger partial charge in [-0.1, -0.05) is 30.3 Å². The predicted octanol–water partition coefficient (Wildman–Crippen LogP) is 4.01. The van der Waals surface area contributed by atoms with Crippen molar-refractivity contribution < 1.29 is 14.3 Å². The van der Waals surface area contributed by atoms with Gasteiger partial charge in [-0.25, -0.2) is 9.78 Å². The highest BCUT2D eigenvalue weighted by Crippen LogP contribution is 2.25. The number of nitrogens with zero attached hydrogens (tertiary/aromatic N) is 1. The fourth-order valence-corrected chi connectivity index (χ4v) is 2.63. The van der Waals surface area contributed by atoms with Gasteiger partial charge in [0.25, 0.3) is 0 Å². The number of rotatable bonds is 3. The van der Waals surface area contributed by atoms with Gasteiger partial charge in [0.2, 0.25) is 0 Å². The van der Waals surface area contributed by atoms with Crippen molar-refractivity contribution in [2.24, 2.45) is 0 Å². The Hall–Kier alpha value is -2.79. The molecule has 2 aromatic carbocycles. The lowest BCUT2D eigenvalue weighted by Gasteiger charge is -2.09. The number of thiocarbonyl (C=S) groups is 1. The Morgan fingerprint density at radius 2 is 1.71 bits per heavy atom. The average Bonchev–Trinajstić information content (AvgIpc) is 2.66. The van der Waals surface area contributed by atoms with Crippen LogP contribution in [0.25, 0.3) is 22.2 Å². The number of hydrogen-bond acceptors (Lipinski definition) is 5. The fourth-order valence-electron chi connectivity index (χ4n) is 2.50. The van der Waals surface area contributed by atoms with Crippen LogP contribution in [0, 0.1) is 0 Å². The van der Waals surface area contributed by atoms with E-state index in [2.05, 4.69) is 4.98 Å². The molecule has 0 aliphatic heterocycles. The number of hydrogen-bond donors (Lipinski definition) is 0. The molecule has 0 aliphatic rings. The molecule has 0 fully saturated rings. The Bertz CT molecular complexity index is 920. The number of carbonyl (C=O) groups excluding carboxylic acids is 1. The quantitative estimate of drug-likeness (QED) is 0.534. The summed E-state index contributed by atoms with van der Waals surface area (Å²) in [7, 11) is 2.92. The minimum absolute atomic E-state index is 0.382. The van der Waals surface area contributed by atoms with Gasteiger partial charge >= 0.3 is 5.97 Å². The maximum atomic E-state index is 12.1. The van der Waals surface area contributed by atoms with Gasteiger partial charge in [0, 0.05) is 16.5 Å². The van der Waals surface area contributed by atoms with E-state index in [-0.39, 0.29) is 5.97 Å². The average molecular weight is 337 g/mol. The molecule has 1 aromatic heterocycles. The lowest BCUT2D eigenvalue weighted by Crippen LogP contribution is -2.04. The van der Waals surface area contributed by atoms with E-state index in [1.807, 2.05) is 48.5 Å². The summed E-state index contributed by atoms with van der Waals surface area (Å²) in [6, 6.07) is 16.8. The second-order valence-electron chi connectivity index (χ2n) is 5.13. The van der Waals surface area contributed by atoms with Gasteiger partial charge in [-0.2, -0.15) is 0 Å². The third-order valence-corrected chi connectivity index (χ3v) is 4.13. The Balaban J connectivity index is 2.12. The third-order valence-electron chi connectivity index (χ3n) is 3.72. The molecule has 0 radical (unpaired) electrons. The summed E-state index contributed by atoms with van der Waals surface area (Å²) in [5.41, 5.74) is 3.64. The molecule has 4 nitrogen and oxygen atoms in total. The molecule has 0 unspecified atom stereocenters. The highest BCUT2D eigenvalue weighted by molar-refractivity contribution is 7.80. The number of aromatic nitrogens is 1. The Morgan fingerprint density at radius 1 is 1.00 bits per heavy atom. The Morgan fingerprint density at radius 3 is 2.38 bits per heavy atom. The zero-order chi connectivity index (χ0) is 17.1. The summed E-state index contributed by atoms with van der Waals surface area (Å²) < 4.78 is 9.96. The van der Waals surface area contributed by atoms with Crippen LogP contribution >= 0.6 is 12.2 Å². The molecule has 0 aliphatic carbocycles. The molecule has 0 atom stereocenters. The summed E-state index contributed by atoms with van der Waals surface area (Å²) >= 11 is 5.12. The number of pyridine rings is 1. The van der Waals surface area contributed by atoms with Gasteiger partial charge in [0.15, 0.2) is 5.05 Å². The van der Waals surface area contributed by atoms with Crippen LogP contribution in [0.15, 0.2) is 54.6 Å². The van der Waals surface area contributed by atoms with Crippen LogP contribution < -0.4 is 0 Å². The standard InChI is InChI=1S/C19H15NO3S/c1-22-18(21)15-11-17(20-16-6-4-3-5-14(15)16)12-7-9-13(10-8-12)19(24)23-2/h3-11H,1-2H3. The lowest BCUT2D eigenvalue weighted by atomic mass is 10.0. The van der Waals surface area contributed by atoms with Crippen LogP contribution in [-0.2, 0) is 9.47 Å². The van der Waals surface area contributed by atoms with E-state index in [1.54, 1.807) is 13.2 Å². The van der Waals surface area contributed by atoms with Crippen molar-refractivity contribution in [1.29, 1.82) is 0 Å². The Kier molecular flexibility index (Phi) is 4.53. The van der Waals surface area contributed by atoms with Crippen molar-refractivity contribution in [3.8, 4) is 11.3 Å². The summed E-state index contributed by atoms with van der Waals surface area (Å²) in [4.78, 5) is 16.8. The molecule has 1 heterocycles. The molecule has 0 N–H and O–H groups in total. The SMILES string of the molecule is COC(=O)c1cc(-c2ccc(C(=S)OC)cc2)nc2ccccc12. The van der Waals surface area contributed by atoms with Gasteiger partial charge in [-0.3, -0.25) is 0 Å². The zero-order valence-corrected chi connectivity index (χ0v) is 14.1. The smallest absolute Gasteiger partial charge is 0.338 e. The molecule has 0 amide bonds. The molecule has 0 spiro atoms. The third kappa shape index (κ3) is 2.98. The van der Waals surface area contributed by atoms with Gasteiger partial charge < -0.3 is 9.47 Å². The number of methoxy groups -OCH3 is 2. The van der Waals surface area contributed by atoms with Crippen LogP contribution in [0.3, 0.4) is 0 Å². The van der Waals surface area contributed by atoms with Crippen LogP contribution in [-0.4, -0.2) is 30.2 Å². The normalized spacial score (nSPS) is 10.4. The van der Waals surface area contributed by atoms with E-state index in [0.29, 0.717) is 16.3 Å². The summed E-state index contributed by atoms with van der Waals surface area (Å²) in [5.74, 6) is -0.382. The van der Waals surface area contributed by atoms with Crippen molar-refractivity contribution in [3.05, 3.63) is 65.7 Å². The molecular formula is C19H15NO3S. The number of para-hydroxylation sites is 1. The largest absolute Gasteiger partial charge is 0.486 e. The Labute approximate surface area is 145 Å². The molecular weight excluding hydrogens is 322 g/mol. The number of ether oxygens (including phenoxy) is 2. The number of fused-ring (bicyclic) bond motifs is 1. The maximum absolute atomic E-state index is 12.1. The molecule has 5 heteroatoms. The van der Waals surface area contributed by atoms with Gasteiger partial charge in [-0.15, -0.1) is 0 Å². The van der Waals surface area contributed by atoms with E-state index >= 15 is 0 Å². The highest BCUT2D eigenvalue weighted by atomic mass is 32.1. The monoisotopic (exact) mass is 337 g/mol. The molecule has 24 heavy (non-hydrogen) atoms. The first-order chi connectivity index (χ1) is 11.6. The number of carbonyl (C=O) groups is 1. The minimum atomic E-state index is -0.382. The summed E-state index contributed by atoms with van der Waals surface area (Å²) in [5, 5.41) is 1.20. The van der Waals surface area contributed by atoms with Crippen LogP contribution in [0.4, 0.5) is 0 Å². The second kappa shape index (κ2) is 6.76. The highest BCUT2D eigenvalue weighted by Gasteiger charge is 2.14. The predicted molar refractivity (Wildman–Crippen MR) is 97.2 cm³/mol. The fraction of sp³-hybridized carbons (Fsp3) is 0.105. The molecule has 3 rings (SSSR count). The molecule has 3 aromatic rings. The van der Waals surface area contributed by atoms with E-state index in [4.69, 9.17) is 21.7 Å². The summed E-state index contributed by atoms with van der Waals surface area (Å²) in [6.07, 6.45) is 0. The van der Waals surface area contributed by atoms with Gasteiger partial charge in [0.1, 0.15) is 0 Å². The summed E-state index contributed by atoms with van der Waals surface area (Å²) in [6.45, 7) is 0. The molecule has 0 saturated carbocycles. The minimum Gasteiger partial charge on any atom is -0.486 e. The first-order valence-electron chi connectivity index (χ1n) is 7.31. The van der Waals surface area contributed by atoms with Crippen LogP contribution in [0.2, 0.25) is 0 Å². The second-order valence-corrected chi connectivity index (χ2v) is 5.50. The van der Waals surface area contributed by atoms with E-state index in [1.165, 1.54) is 7.11 Å². The van der Waals surface area contributed by atoms with Crippen molar-refractivity contribution in [1.82, 2.24) is 4.98 Å². The number of esters is 1. The first-order valence-corrected chi connectivity index (χ1v) is 7.71. The van der Waals surface area contributed by atoms with E-state index in [0.717, 1.165) is 22.0 Å². The van der Waals surface area contributed by atoms with Crippen molar-refractivity contribution in [2.45, 2.75) is 0 Å². The van der Waals surface area contributed by atoms with Crippen molar-refractivity contribution in [3.63, 3.8) is 0 Å².